The van der Waals surface area contributed by atoms with E-state index < -0.39 is 5.82 Å². The summed E-state index contributed by atoms with van der Waals surface area (Å²) in [6.07, 6.45) is 0.176. The van der Waals surface area contributed by atoms with Crippen molar-refractivity contribution in [3.8, 4) is 0 Å². The SMILES string of the molecule is O=C(CC1CNCCO1)c1ccc(F)c(Cl)c1. The van der Waals surface area contributed by atoms with E-state index in [1.807, 2.05) is 0 Å². The van der Waals surface area contributed by atoms with Crippen molar-refractivity contribution < 1.29 is 13.9 Å². The number of carbonyl (C=O) groups excluding carboxylic acids is 1. The first-order valence-electron chi connectivity index (χ1n) is 5.47. The van der Waals surface area contributed by atoms with Gasteiger partial charge in [-0.1, -0.05) is 11.6 Å². The van der Waals surface area contributed by atoms with Gasteiger partial charge >= 0.3 is 0 Å². The first-order valence-corrected chi connectivity index (χ1v) is 5.85. The van der Waals surface area contributed by atoms with Crippen LogP contribution >= 0.6 is 11.6 Å². The van der Waals surface area contributed by atoms with E-state index in [1.165, 1.54) is 18.2 Å². The summed E-state index contributed by atoms with van der Waals surface area (Å²) in [5.41, 5.74) is 0.422. The number of halogens is 2. The number of hydrogen-bond acceptors (Lipinski definition) is 3. The lowest BCUT2D eigenvalue weighted by molar-refractivity contribution is 0.0240. The quantitative estimate of drug-likeness (QED) is 0.843. The van der Waals surface area contributed by atoms with Crippen LogP contribution in [0.25, 0.3) is 0 Å². The topological polar surface area (TPSA) is 38.3 Å². The molecule has 1 aliphatic rings. The number of morpholine rings is 1. The Balaban J connectivity index is 2.01. The molecule has 92 valence electrons. The minimum atomic E-state index is -0.515. The fraction of sp³-hybridized carbons (Fsp3) is 0.417. The number of benzene rings is 1. The van der Waals surface area contributed by atoms with Gasteiger partial charge in [-0.2, -0.15) is 0 Å². The third-order valence-corrected chi connectivity index (χ3v) is 2.95. The average molecular weight is 258 g/mol. The number of ether oxygens (including phenoxy) is 1. The minimum absolute atomic E-state index is 0.0291. The van der Waals surface area contributed by atoms with Gasteiger partial charge in [-0.25, -0.2) is 4.39 Å². The van der Waals surface area contributed by atoms with E-state index in [0.717, 1.165) is 6.54 Å². The second-order valence-corrected chi connectivity index (χ2v) is 4.36. The molecular weight excluding hydrogens is 245 g/mol. The van der Waals surface area contributed by atoms with Crippen molar-refractivity contribution in [2.45, 2.75) is 12.5 Å². The maximum atomic E-state index is 12.9. The van der Waals surface area contributed by atoms with Crippen LogP contribution in [0.2, 0.25) is 5.02 Å². The predicted molar refractivity (Wildman–Crippen MR) is 63.0 cm³/mol. The van der Waals surface area contributed by atoms with Crippen LogP contribution in [0.3, 0.4) is 0 Å². The highest BCUT2D eigenvalue weighted by Gasteiger charge is 2.18. The number of hydrogen-bond donors (Lipinski definition) is 1. The first kappa shape index (κ1) is 12.5. The van der Waals surface area contributed by atoms with E-state index in [1.54, 1.807) is 0 Å². The van der Waals surface area contributed by atoms with Crippen molar-refractivity contribution >= 4 is 17.4 Å². The van der Waals surface area contributed by atoms with Crippen LogP contribution in [0.1, 0.15) is 16.8 Å². The zero-order chi connectivity index (χ0) is 12.3. The van der Waals surface area contributed by atoms with Gasteiger partial charge in [0.25, 0.3) is 0 Å². The smallest absolute Gasteiger partial charge is 0.165 e. The summed E-state index contributed by atoms with van der Waals surface area (Å²) in [5.74, 6) is -0.598. The molecule has 1 aromatic carbocycles. The molecule has 0 aliphatic carbocycles. The van der Waals surface area contributed by atoms with Gasteiger partial charge in [0, 0.05) is 25.1 Å². The summed E-state index contributed by atoms with van der Waals surface area (Å²) < 4.78 is 18.4. The number of carbonyl (C=O) groups is 1. The summed E-state index contributed by atoms with van der Waals surface area (Å²) in [6.45, 7) is 2.09. The molecule has 0 bridgehead atoms. The van der Waals surface area contributed by atoms with E-state index in [4.69, 9.17) is 16.3 Å². The Hall–Kier alpha value is -0.970. The number of nitrogens with one attached hydrogen (secondary N) is 1. The zero-order valence-electron chi connectivity index (χ0n) is 9.21. The average Bonchev–Trinajstić information content (AvgIpc) is 2.34. The van der Waals surface area contributed by atoms with Gasteiger partial charge in [-0.15, -0.1) is 0 Å². The Morgan fingerprint density at radius 2 is 2.41 bits per heavy atom. The third-order valence-electron chi connectivity index (χ3n) is 2.66. The van der Waals surface area contributed by atoms with Crippen molar-refractivity contribution in [2.24, 2.45) is 0 Å². The number of Topliss-reactive ketones (excluding diaryl/α,β-unsaturated/α-hetero) is 1. The van der Waals surface area contributed by atoms with Crippen LogP contribution in [0.5, 0.6) is 0 Å². The van der Waals surface area contributed by atoms with E-state index in [-0.39, 0.29) is 23.3 Å². The van der Waals surface area contributed by atoms with Crippen LogP contribution < -0.4 is 5.32 Å². The number of rotatable bonds is 3. The van der Waals surface area contributed by atoms with Crippen LogP contribution in [-0.2, 0) is 4.74 Å². The molecule has 17 heavy (non-hydrogen) atoms. The Kier molecular flexibility index (Phi) is 4.10. The molecule has 1 aliphatic heterocycles. The highest BCUT2D eigenvalue weighted by molar-refractivity contribution is 6.31. The fourth-order valence-corrected chi connectivity index (χ4v) is 1.93. The molecule has 3 nitrogen and oxygen atoms in total. The van der Waals surface area contributed by atoms with Crippen LogP contribution in [0.15, 0.2) is 18.2 Å². The van der Waals surface area contributed by atoms with Crippen molar-refractivity contribution in [3.05, 3.63) is 34.6 Å². The monoisotopic (exact) mass is 257 g/mol. The van der Waals surface area contributed by atoms with Gasteiger partial charge in [-0.3, -0.25) is 4.79 Å². The molecule has 0 aromatic heterocycles. The summed E-state index contributed by atoms with van der Waals surface area (Å²) in [5, 5.41) is 3.12. The van der Waals surface area contributed by atoms with E-state index in [9.17, 15) is 9.18 Å². The molecule has 1 unspecified atom stereocenters. The molecule has 1 aromatic rings. The van der Waals surface area contributed by atoms with Gasteiger partial charge in [0.05, 0.1) is 17.7 Å². The molecule has 1 saturated heterocycles. The van der Waals surface area contributed by atoms with Gasteiger partial charge in [0.2, 0.25) is 0 Å². The Labute approximate surface area is 104 Å². The van der Waals surface area contributed by atoms with Crippen molar-refractivity contribution in [3.63, 3.8) is 0 Å². The predicted octanol–water partition coefficient (Wildman–Crippen LogP) is 2.04. The van der Waals surface area contributed by atoms with Gasteiger partial charge in [0.1, 0.15) is 5.82 Å². The van der Waals surface area contributed by atoms with Gasteiger partial charge < -0.3 is 10.1 Å². The molecule has 1 fully saturated rings. The molecule has 0 saturated carbocycles. The maximum absolute atomic E-state index is 12.9. The molecule has 1 heterocycles. The summed E-state index contributed by atoms with van der Waals surface area (Å²) in [6, 6.07) is 4.00. The lowest BCUT2D eigenvalue weighted by Crippen LogP contribution is -2.39. The van der Waals surface area contributed by atoms with Crippen molar-refractivity contribution in [2.75, 3.05) is 19.7 Å². The van der Waals surface area contributed by atoms with Gasteiger partial charge in [0.15, 0.2) is 5.78 Å². The Morgan fingerprint density at radius 3 is 3.06 bits per heavy atom. The highest BCUT2D eigenvalue weighted by atomic mass is 35.5. The van der Waals surface area contributed by atoms with Crippen molar-refractivity contribution in [1.82, 2.24) is 5.32 Å². The molecule has 5 heteroatoms. The van der Waals surface area contributed by atoms with Crippen LogP contribution in [-0.4, -0.2) is 31.6 Å². The number of ketones is 1. The molecule has 2 rings (SSSR count). The standard InChI is InChI=1S/C12H13ClFNO2/c13-10-5-8(1-2-11(10)14)12(16)6-9-7-15-3-4-17-9/h1-2,5,9,15H,3-4,6-7H2. The second kappa shape index (κ2) is 5.58. The molecular formula is C12H13ClFNO2. The van der Waals surface area contributed by atoms with Crippen LogP contribution in [0.4, 0.5) is 4.39 Å². The third kappa shape index (κ3) is 3.25. The Morgan fingerprint density at radius 1 is 1.59 bits per heavy atom. The lowest BCUT2D eigenvalue weighted by Gasteiger charge is -2.22. The van der Waals surface area contributed by atoms with E-state index in [0.29, 0.717) is 18.7 Å². The largest absolute Gasteiger partial charge is 0.375 e. The Bertz CT molecular complexity index is 419. The fourth-order valence-electron chi connectivity index (χ4n) is 1.75. The molecule has 0 radical (unpaired) electrons. The maximum Gasteiger partial charge on any atom is 0.165 e. The second-order valence-electron chi connectivity index (χ2n) is 3.95. The highest BCUT2D eigenvalue weighted by Crippen LogP contribution is 2.18. The molecule has 0 spiro atoms. The summed E-state index contributed by atoms with van der Waals surface area (Å²) in [7, 11) is 0. The normalized spacial score (nSPS) is 20.2. The molecule has 1 atom stereocenters. The van der Waals surface area contributed by atoms with Gasteiger partial charge in [-0.05, 0) is 18.2 Å². The minimum Gasteiger partial charge on any atom is -0.375 e. The summed E-state index contributed by atoms with van der Waals surface area (Å²) in [4.78, 5) is 11.9. The van der Waals surface area contributed by atoms with E-state index in [2.05, 4.69) is 5.32 Å². The summed E-state index contributed by atoms with van der Waals surface area (Å²) >= 11 is 5.63. The zero-order valence-corrected chi connectivity index (χ0v) is 9.97. The van der Waals surface area contributed by atoms with E-state index >= 15 is 0 Å². The van der Waals surface area contributed by atoms with Crippen molar-refractivity contribution in [1.29, 1.82) is 0 Å². The lowest BCUT2D eigenvalue weighted by atomic mass is 10.0. The molecule has 0 amide bonds. The van der Waals surface area contributed by atoms with Crippen LogP contribution in [0, 0.1) is 5.82 Å². The first-order chi connectivity index (χ1) is 8.16. The molecule has 1 N–H and O–H groups in total.